The van der Waals surface area contributed by atoms with E-state index in [1.165, 1.54) is 23.1 Å². The molecule has 11 heteroatoms. The number of nitrogens with zero attached hydrogens (tertiary/aromatic N) is 2. The summed E-state index contributed by atoms with van der Waals surface area (Å²) in [5, 5.41) is 15.3. The van der Waals surface area contributed by atoms with E-state index in [0.29, 0.717) is 30.3 Å². The maximum Gasteiger partial charge on any atom is 0.416 e. The molecule has 2 bridgehead atoms. The van der Waals surface area contributed by atoms with Crippen LogP contribution in [-0.2, 0) is 11.7 Å². The van der Waals surface area contributed by atoms with Crippen molar-refractivity contribution in [1.29, 1.82) is 0 Å². The van der Waals surface area contributed by atoms with Crippen LogP contribution in [0.2, 0.25) is 0 Å². The molecule has 8 nitrogen and oxygen atoms in total. The van der Waals surface area contributed by atoms with Gasteiger partial charge in [-0.3, -0.25) is 9.59 Å². The Bertz CT molecular complexity index is 1330. The Balaban J connectivity index is 1.26. The van der Waals surface area contributed by atoms with Crippen LogP contribution in [0.1, 0.15) is 53.7 Å². The molecule has 196 valence electrons. The number of carboxylic acid groups (broad SMARTS) is 1. The number of hydrogen-bond donors (Lipinski definition) is 3. The number of hydrogen-bond acceptors (Lipinski definition) is 4. The van der Waals surface area contributed by atoms with Gasteiger partial charge in [-0.1, -0.05) is 12.1 Å². The van der Waals surface area contributed by atoms with E-state index in [1.54, 1.807) is 17.7 Å². The number of halogens is 3. The normalized spacial score (nSPS) is 30.0. The number of alkyl halides is 3. The van der Waals surface area contributed by atoms with E-state index in [-0.39, 0.29) is 34.5 Å². The SMILES string of the molecule is C[C@@H](NC(=O)c1cn(C23CC(C2)C3)c(=O)cc1NC1[C@H]2CN(C(=O)O)C[C@@H]12)c1cccc(C(F)(F)F)c1. The number of benzene rings is 1. The molecular formula is C26H27F3N4O4. The second-order valence-electron chi connectivity index (χ2n) is 11.0. The Labute approximate surface area is 210 Å². The van der Waals surface area contributed by atoms with Crippen molar-refractivity contribution in [2.45, 2.75) is 50.0 Å². The molecule has 1 aliphatic heterocycles. The van der Waals surface area contributed by atoms with Gasteiger partial charge < -0.3 is 25.2 Å². The minimum Gasteiger partial charge on any atom is -0.465 e. The van der Waals surface area contributed by atoms with E-state index in [4.69, 9.17) is 0 Å². The zero-order valence-electron chi connectivity index (χ0n) is 20.1. The predicted molar refractivity (Wildman–Crippen MR) is 127 cm³/mol. The number of nitrogens with one attached hydrogen (secondary N) is 2. The van der Waals surface area contributed by atoms with Gasteiger partial charge in [0.2, 0.25) is 0 Å². The number of aromatic nitrogens is 1. The van der Waals surface area contributed by atoms with Crippen molar-refractivity contribution in [3.63, 3.8) is 0 Å². The molecule has 1 unspecified atom stereocenters. The van der Waals surface area contributed by atoms with E-state index in [2.05, 4.69) is 10.6 Å². The maximum absolute atomic E-state index is 13.5. The van der Waals surface area contributed by atoms with Gasteiger partial charge in [0.25, 0.3) is 11.5 Å². The van der Waals surface area contributed by atoms with E-state index < -0.39 is 29.8 Å². The summed E-state index contributed by atoms with van der Waals surface area (Å²) in [6.07, 6.45) is -1.17. The van der Waals surface area contributed by atoms with Gasteiger partial charge in [0.1, 0.15) is 0 Å². The molecule has 2 amide bonds. The number of likely N-dealkylation sites (tertiary alicyclic amines) is 1. The molecule has 4 aliphatic carbocycles. The third-order valence-corrected chi connectivity index (χ3v) is 8.66. The van der Waals surface area contributed by atoms with Crippen LogP contribution in [0.5, 0.6) is 0 Å². The van der Waals surface area contributed by atoms with E-state index >= 15 is 0 Å². The molecule has 2 heterocycles. The van der Waals surface area contributed by atoms with Crippen molar-refractivity contribution in [2.24, 2.45) is 17.8 Å². The summed E-state index contributed by atoms with van der Waals surface area (Å²) in [4.78, 5) is 39.1. The van der Waals surface area contributed by atoms with E-state index in [9.17, 15) is 32.7 Å². The van der Waals surface area contributed by atoms with Crippen molar-refractivity contribution in [3.05, 3.63) is 63.6 Å². The molecule has 7 rings (SSSR count). The third kappa shape index (κ3) is 3.95. The summed E-state index contributed by atoms with van der Waals surface area (Å²) < 4.78 is 41.2. The molecule has 4 saturated carbocycles. The van der Waals surface area contributed by atoms with Gasteiger partial charge in [-0.25, -0.2) is 4.79 Å². The van der Waals surface area contributed by atoms with Gasteiger partial charge in [0, 0.05) is 48.8 Å². The number of fused-ring (bicyclic) bond motifs is 1. The summed E-state index contributed by atoms with van der Waals surface area (Å²) >= 11 is 0. The summed E-state index contributed by atoms with van der Waals surface area (Å²) in [7, 11) is 0. The highest BCUT2D eigenvalue weighted by atomic mass is 19.4. The lowest BCUT2D eigenvalue weighted by atomic mass is 9.49. The Hall–Kier alpha value is -3.50. The second kappa shape index (κ2) is 8.00. The fourth-order valence-electron chi connectivity index (χ4n) is 6.35. The third-order valence-electron chi connectivity index (χ3n) is 8.66. The van der Waals surface area contributed by atoms with Gasteiger partial charge in [0.15, 0.2) is 0 Å². The summed E-state index contributed by atoms with van der Waals surface area (Å²) in [5.74, 6) is 0.337. The summed E-state index contributed by atoms with van der Waals surface area (Å²) in [5.41, 5.74) is -0.315. The molecule has 5 aliphatic rings. The standard InChI is InChI=1S/C26H27F3N4O4/c1-13(15-3-2-4-16(5-15)26(27,28)29)30-23(35)19-12-33(25-7-14(8-25)9-25)21(34)6-20(19)31-22-17-10-32(24(36)37)11-18(17)22/h2-6,12-14,17-18,22,31H,7-11H2,1H3,(H,30,35)(H,36,37)/t13-,14?,17-,18+,22?,25?/m1/s1. The minimum absolute atomic E-state index is 0.0479. The number of piperidine rings is 1. The molecule has 5 fully saturated rings. The van der Waals surface area contributed by atoms with Crippen LogP contribution >= 0.6 is 0 Å². The van der Waals surface area contributed by atoms with Crippen LogP contribution in [0.15, 0.2) is 41.3 Å². The highest BCUT2D eigenvalue weighted by molar-refractivity contribution is 5.99. The van der Waals surface area contributed by atoms with Crippen molar-refractivity contribution < 1.29 is 27.9 Å². The number of amides is 2. The zero-order chi connectivity index (χ0) is 26.3. The minimum atomic E-state index is -4.49. The van der Waals surface area contributed by atoms with Crippen LogP contribution in [0.3, 0.4) is 0 Å². The Morgan fingerprint density at radius 2 is 1.81 bits per heavy atom. The highest BCUT2D eigenvalue weighted by Gasteiger charge is 2.59. The van der Waals surface area contributed by atoms with Crippen molar-refractivity contribution in [1.82, 2.24) is 14.8 Å². The number of carbonyl (C=O) groups is 2. The fourth-order valence-corrected chi connectivity index (χ4v) is 6.35. The highest BCUT2D eigenvalue weighted by Crippen LogP contribution is 2.61. The smallest absolute Gasteiger partial charge is 0.416 e. The molecule has 0 spiro atoms. The fraction of sp³-hybridized carbons (Fsp3) is 0.500. The molecule has 1 aromatic carbocycles. The summed E-state index contributed by atoms with van der Waals surface area (Å²) in [6.45, 7) is 2.41. The number of pyridine rings is 1. The number of carbonyl (C=O) groups excluding carboxylic acids is 1. The molecular weight excluding hydrogens is 489 g/mol. The van der Waals surface area contributed by atoms with Gasteiger partial charge in [0.05, 0.1) is 22.9 Å². The van der Waals surface area contributed by atoms with Crippen molar-refractivity contribution >= 4 is 17.7 Å². The molecule has 4 atom stereocenters. The van der Waals surface area contributed by atoms with Crippen molar-refractivity contribution in [3.8, 4) is 0 Å². The molecule has 1 saturated heterocycles. The first-order chi connectivity index (χ1) is 17.4. The lowest BCUT2D eigenvalue weighted by molar-refractivity contribution is -0.137. The average Bonchev–Trinajstić information content (AvgIpc) is 3.20. The Morgan fingerprint density at radius 1 is 1.14 bits per heavy atom. The summed E-state index contributed by atoms with van der Waals surface area (Å²) in [6, 6.07) is 5.51. The second-order valence-corrected chi connectivity index (χ2v) is 11.0. The largest absolute Gasteiger partial charge is 0.465 e. The van der Waals surface area contributed by atoms with E-state index in [1.807, 2.05) is 0 Å². The van der Waals surface area contributed by atoms with Gasteiger partial charge in [-0.2, -0.15) is 13.2 Å². The first-order valence-electron chi connectivity index (χ1n) is 12.4. The lowest BCUT2D eigenvalue weighted by Crippen LogP contribution is -2.62. The van der Waals surface area contributed by atoms with Crippen LogP contribution < -0.4 is 16.2 Å². The van der Waals surface area contributed by atoms with Gasteiger partial charge in [-0.05, 0) is 49.8 Å². The van der Waals surface area contributed by atoms with Crippen LogP contribution in [0.25, 0.3) is 0 Å². The molecule has 1 aromatic heterocycles. The topological polar surface area (TPSA) is 104 Å². The van der Waals surface area contributed by atoms with Gasteiger partial charge in [-0.15, -0.1) is 0 Å². The quantitative estimate of drug-likeness (QED) is 0.541. The number of rotatable bonds is 6. The molecule has 0 radical (unpaired) electrons. The number of anilines is 1. The van der Waals surface area contributed by atoms with Gasteiger partial charge >= 0.3 is 12.3 Å². The molecule has 3 N–H and O–H groups in total. The maximum atomic E-state index is 13.5. The van der Waals surface area contributed by atoms with E-state index in [0.717, 1.165) is 31.4 Å². The zero-order valence-corrected chi connectivity index (χ0v) is 20.1. The first-order valence-corrected chi connectivity index (χ1v) is 12.4. The monoisotopic (exact) mass is 516 g/mol. The predicted octanol–water partition coefficient (Wildman–Crippen LogP) is 3.89. The molecule has 37 heavy (non-hydrogen) atoms. The van der Waals surface area contributed by atoms with Crippen LogP contribution in [0, 0.1) is 17.8 Å². The Kier molecular flexibility index (Phi) is 5.16. The average molecular weight is 517 g/mol. The van der Waals surface area contributed by atoms with Crippen LogP contribution in [0.4, 0.5) is 23.7 Å². The lowest BCUT2D eigenvalue weighted by Gasteiger charge is -2.62. The van der Waals surface area contributed by atoms with Crippen LogP contribution in [-0.4, -0.2) is 45.7 Å². The van der Waals surface area contributed by atoms with Crippen molar-refractivity contribution in [2.75, 3.05) is 18.4 Å². The molecule has 2 aromatic rings. The Morgan fingerprint density at radius 3 is 2.38 bits per heavy atom. The first kappa shape index (κ1) is 23.9.